The highest BCUT2D eigenvalue weighted by Crippen LogP contribution is 2.35. The molecule has 0 fully saturated rings. The Morgan fingerprint density at radius 1 is 0.686 bits per heavy atom. The molecule has 4 heteroatoms. The van der Waals surface area contributed by atoms with Gasteiger partial charge in [0, 0.05) is 35.4 Å². The van der Waals surface area contributed by atoms with Crippen LogP contribution in [0.5, 0.6) is 0 Å². The van der Waals surface area contributed by atoms with Gasteiger partial charge in [-0.1, -0.05) is 48.5 Å². The molecule has 0 unspecified atom stereocenters. The van der Waals surface area contributed by atoms with Gasteiger partial charge in [-0.2, -0.15) is 0 Å². The van der Waals surface area contributed by atoms with Crippen LogP contribution in [0.15, 0.2) is 103 Å². The first-order valence-electron chi connectivity index (χ1n) is 11.8. The Morgan fingerprint density at radius 2 is 1.49 bits per heavy atom. The highest BCUT2D eigenvalue weighted by molar-refractivity contribution is 6.10. The van der Waals surface area contributed by atoms with Crippen molar-refractivity contribution in [3.63, 3.8) is 0 Å². The number of aromatic nitrogens is 3. The summed E-state index contributed by atoms with van der Waals surface area (Å²) >= 11 is 0. The number of para-hydroxylation sites is 1. The van der Waals surface area contributed by atoms with E-state index in [0.717, 1.165) is 39.6 Å². The highest BCUT2D eigenvalue weighted by Gasteiger charge is 2.14. The van der Waals surface area contributed by atoms with E-state index in [2.05, 4.69) is 113 Å². The Bertz CT molecular complexity index is 1700. The Kier molecular flexibility index (Phi) is 5.07. The van der Waals surface area contributed by atoms with E-state index in [4.69, 9.17) is 4.98 Å². The van der Waals surface area contributed by atoms with Crippen molar-refractivity contribution in [1.82, 2.24) is 14.5 Å². The van der Waals surface area contributed by atoms with Gasteiger partial charge >= 0.3 is 0 Å². The van der Waals surface area contributed by atoms with Crippen molar-refractivity contribution >= 4 is 33.3 Å². The number of anilines is 2. The lowest BCUT2D eigenvalue weighted by Crippen LogP contribution is -2.11. The number of hydrogen-bond donors (Lipinski definition) is 0. The maximum atomic E-state index is 4.85. The highest BCUT2D eigenvalue weighted by atomic mass is 15.2. The van der Waals surface area contributed by atoms with Gasteiger partial charge in [0.05, 0.1) is 11.0 Å². The lowest BCUT2D eigenvalue weighted by atomic mass is 10.0. The SMILES string of the molecule is Cc1ccnc(N(C)c2cccc(-c3ccc4c5ccccc5n(-c5cccc(C)n5)c4c3)c2)c1. The number of benzene rings is 3. The van der Waals surface area contributed by atoms with Gasteiger partial charge < -0.3 is 4.90 Å². The minimum Gasteiger partial charge on any atom is -0.329 e. The summed E-state index contributed by atoms with van der Waals surface area (Å²) in [5.74, 6) is 1.87. The largest absolute Gasteiger partial charge is 0.329 e. The van der Waals surface area contributed by atoms with E-state index in [1.54, 1.807) is 0 Å². The van der Waals surface area contributed by atoms with Gasteiger partial charge in [0.15, 0.2) is 0 Å². The van der Waals surface area contributed by atoms with E-state index in [9.17, 15) is 0 Å². The molecular weight excluding hydrogens is 428 g/mol. The van der Waals surface area contributed by atoms with Crippen LogP contribution in [0.1, 0.15) is 11.3 Å². The Morgan fingerprint density at radius 3 is 2.34 bits per heavy atom. The van der Waals surface area contributed by atoms with Crippen molar-refractivity contribution in [2.24, 2.45) is 0 Å². The Balaban J connectivity index is 1.51. The monoisotopic (exact) mass is 454 g/mol. The molecule has 3 heterocycles. The molecule has 170 valence electrons. The molecule has 0 aliphatic heterocycles. The first-order chi connectivity index (χ1) is 17.1. The second-order valence-corrected chi connectivity index (χ2v) is 9.02. The predicted octanol–water partition coefficient (Wildman–Crippen LogP) is 7.63. The van der Waals surface area contributed by atoms with Crippen LogP contribution in [0.4, 0.5) is 11.5 Å². The third kappa shape index (κ3) is 3.73. The topological polar surface area (TPSA) is 34.0 Å². The van der Waals surface area contributed by atoms with Crippen LogP contribution in [0.2, 0.25) is 0 Å². The molecule has 0 atom stereocenters. The maximum absolute atomic E-state index is 4.85. The zero-order valence-electron chi connectivity index (χ0n) is 20.1. The van der Waals surface area contributed by atoms with Crippen LogP contribution in [-0.2, 0) is 0 Å². The van der Waals surface area contributed by atoms with Crippen LogP contribution in [0, 0.1) is 13.8 Å². The standard InChI is InChI=1S/C31H26N4/c1-21-16-17-32-31(18-21)34(3)25-10-7-9-23(19-25)24-14-15-27-26-11-4-5-12-28(26)35(29(27)20-24)30-13-6-8-22(2)33-30/h4-20H,1-3H3. The lowest BCUT2D eigenvalue weighted by molar-refractivity contribution is 1.05. The van der Waals surface area contributed by atoms with Crippen LogP contribution in [0.25, 0.3) is 38.8 Å². The van der Waals surface area contributed by atoms with Crippen molar-refractivity contribution in [1.29, 1.82) is 0 Å². The molecule has 4 nitrogen and oxygen atoms in total. The summed E-state index contributed by atoms with van der Waals surface area (Å²) in [4.78, 5) is 11.5. The number of fused-ring (bicyclic) bond motifs is 3. The van der Waals surface area contributed by atoms with E-state index in [1.165, 1.54) is 21.9 Å². The van der Waals surface area contributed by atoms with Gasteiger partial charge in [0.2, 0.25) is 0 Å². The summed E-state index contributed by atoms with van der Waals surface area (Å²) in [7, 11) is 2.06. The molecule has 0 radical (unpaired) electrons. The number of aryl methyl sites for hydroxylation is 2. The van der Waals surface area contributed by atoms with Crippen LogP contribution in [0.3, 0.4) is 0 Å². The van der Waals surface area contributed by atoms with Gasteiger partial charge in [-0.25, -0.2) is 9.97 Å². The van der Waals surface area contributed by atoms with Crippen LogP contribution in [-0.4, -0.2) is 21.6 Å². The summed E-state index contributed by atoms with van der Waals surface area (Å²) in [6.07, 6.45) is 1.86. The number of pyridine rings is 2. The van der Waals surface area contributed by atoms with Crippen LogP contribution < -0.4 is 4.90 Å². The summed E-state index contributed by atoms with van der Waals surface area (Å²) in [5, 5.41) is 2.46. The second kappa shape index (κ2) is 8.41. The number of rotatable bonds is 4. The van der Waals surface area contributed by atoms with E-state index in [0.29, 0.717) is 0 Å². The Hall–Kier alpha value is -4.44. The third-order valence-corrected chi connectivity index (χ3v) is 6.59. The van der Waals surface area contributed by atoms with Gasteiger partial charge in [-0.05, 0) is 79.1 Å². The quantitative estimate of drug-likeness (QED) is 0.275. The minimum atomic E-state index is 0.934. The molecule has 0 N–H and O–H groups in total. The molecule has 3 aromatic carbocycles. The second-order valence-electron chi connectivity index (χ2n) is 9.02. The molecule has 0 aliphatic carbocycles. The van der Waals surface area contributed by atoms with Crippen LogP contribution >= 0.6 is 0 Å². The van der Waals surface area contributed by atoms with Crippen molar-refractivity contribution in [3.8, 4) is 16.9 Å². The molecule has 0 spiro atoms. The lowest BCUT2D eigenvalue weighted by Gasteiger charge is -2.19. The van der Waals surface area contributed by atoms with E-state index >= 15 is 0 Å². The summed E-state index contributed by atoms with van der Waals surface area (Å²) in [6, 6.07) is 34.2. The number of nitrogens with zero attached hydrogens (tertiary/aromatic N) is 4. The minimum absolute atomic E-state index is 0.934. The molecule has 6 rings (SSSR count). The predicted molar refractivity (Wildman–Crippen MR) is 146 cm³/mol. The summed E-state index contributed by atoms with van der Waals surface area (Å²) in [6.45, 7) is 4.13. The average Bonchev–Trinajstić information content (AvgIpc) is 3.22. The van der Waals surface area contributed by atoms with Gasteiger partial charge in [-0.15, -0.1) is 0 Å². The fourth-order valence-electron chi connectivity index (χ4n) is 4.78. The zero-order valence-corrected chi connectivity index (χ0v) is 20.1. The molecule has 3 aromatic heterocycles. The van der Waals surface area contributed by atoms with E-state index in [1.807, 2.05) is 25.3 Å². The number of hydrogen-bond acceptors (Lipinski definition) is 3. The van der Waals surface area contributed by atoms with Crippen molar-refractivity contribution in [3.05, 3.63) is 115 Å². The molecule has 0 amide bonds. The van der Waals surface area contributed by atoms with Crippen molar-refractivity contribution in [2.45, 2.75) is 13.8 Å². The fraction of sp³-hybridized carbons (Fsp3) is 0.0968. The third-order valence-electron chi connectivity index (χ3n) is 6.59. The first kappa shape index (κ1) is 21.1. The summed E-state index contributed by atoms with van der Waals surface area (Å²) < 4.78 is 2.27. The van der Waals surface area contributed by atoms with E-state index < -0.39 is 0 Å². The van der Waals surface area contributed by atoms with Gasteiger partial charge in [-0.3, -0.25) is 4.57 Å². The van der Waals surface area contributed by atoms with Gasteiger partial charge in [0.1, 0.15) is 11.6 Å². The molecule has 6 aromatic rings. The smallest absolute Gasteiger partial charge is 0.137 e. The fourth-order valence-corrected chi connectivity index (χ4v) is 4.78. The van der Waals surface area contributed by atoms with Gasteiger partial charge in [0.25, 0.3) is 0 Å². The Labute approximate surface area is 205 Å². The van der Waals surface area contributed by atoms with Crippen molar-refractivity contribution in [2.75, 3.05) is 11.9 Å². The normalized spacial score (nSPS) is 11.3. The molecule has 35 heavy (non-hydrogen) atoms. The maximum Gasteiger partial charge on any atom is 0.137 e. The summed E-state index contributed by atoms with van der Waals surface area (Å²) in [5.41, 5.74) is 7.95. The average molecular weight is 455 g/mol. The first-order valence-corrected chi connectivity index (χ1v) is 11.8. The molecule has 0 saturated heterocycles. The molecule has 0 aliphatic rings. The van der Waals surface area contributed by atoms with E-state index in [-0.39, 0.29) is 0 Å². The van der Waals surface area contributed by atoms with Crippen molar-refractivity contribution < 1.29 is 0 Å². The molecule has 0 bridgehead atoms. The molecular formula is C31H26N4. The zero-order chi connectivity index (χ0) is 23.9. The molecule has 0 saturated carbocycles.